The van der Waals surface area contributed by atoms with Gasteiger partial charge in [0.2, 0.25) is 0 Å². The van der Waals surface area contributed by atoms with Gasteiger partial charge in [-0.25, -0.2) is 0 Å². The maximum Gasteiger partial charge on any atom is 0.0540 e. The van der Waals surface area contributed by atoms with E-state index in [0.717, 1.165) is 11.4 Å². The Labute approximate surface area is 399 Å². The molecule has 0 N–H and O–H groups in total. The van der Waals surface area contributed by atoms with Gasteiger partial charge in [0.25, 0.3) is 0 Å². The van der Waals surface area contributed by atoms with Gasteiger partial charge in [0.05, 0.1) is 17.1 Å². The lowest BCUT2D eigenvalue weighted by molar-refractivity contribution is 0.590. The van der Waals surface area contributed by atoms with Gasteiger partial charge in [0.15, 0.2) is 0 Å². The number of hydrogen-bond acceptors (Lipinski definition) is 2. The summed E-state index contributed by atoms with van der Waals surface area (Å²) in [6, 6.07) is 65.8. The number of anilines is 6. The summed E-state index contributed by atoms with van der Waals surface area (Å²) in [4.78, 5) is 5.08. The Bertz CT molecular complexity index is 3300. The number of fused-ring (bicyclic) bond motifs is 3. The minimum atomic E-state index is -0.115. The molecule has 0 saturated heterocycles. The van der Waals surface area contributed by atoms with Gasteiger partial charge in [-0.3, -0.25) is 0 Å². The van der Waals surface area contributed by atoms with Crippen LogP contribution in [0.1, 0.15) is 87.4 Å². The SMILES string of the molecule is C/C=C\c1ccc(N(c2cc(-c3ccccc3)ccc2C)c2cc(C)ccc2C(C)(C)C)c2ccc3ccc(N(c4cc(-c5ccccc5)ccc4C)c4cc(C)ccc4C(C)(C)C)cc3c12. The van der Waals surface area contributed by atoms with E-state index < -0.39 is 0 Å². The first-order valence-electron chi connectivity index (χ1n) is 23.9. The van der Waals surface area contributed by atoms with Gasteiger partial charge in [-0.05, 0) is 165 Å². The van der Waals surface area contributed by atoms with Gasteiger partial charge >= 0.3 is 0 Å². The zero-order valence-corrected chi connectivity index (χ0v) is 41.3. The monoisotopic (exact) mass is 873 g/mol. The minimum Gasteiger partial charge on any atom is -0.310 e. The zero-order chi connectivity index (χ0) is 47.2. The van der Waals surface area contributed by atoms with E-state index in [2.05, 4.69) is 274 Å². The van der Waals surface area contributed by atoms with Gasteiger partial charge in [-0.2, -0.15) is 0 Å². The predicted octanol–water partition coefficient (Wildman–Crippen LogP) is 19.1. The number of aryl methyl sites for hydroxylation is 4. The van der Waals surface area contributed by atoms with Crippen LogP contribution in [-0.2, 0) is 10.8 Å². The third-order valence-corrected chi connectivity index (χ3v) is 13.4. The molecule has 9 rings (SSSR count). The molecule has 0 saturated carbocycles. The minimum absolute atomic E-state index is 0.106. The van der Waals surface area contributed by atoms with Gasteiger partial charge in [0.1, 0.15) is 0 Å². The van der Waals surface area contributed by atoms with E-state index in [1.54, 1.807) is 0 Å². The van der Waals surface area contributed by atoms with E-state index >= 15 is 0 Å². The summed E-state index contributed by atoms with van der Waals surface area (Å²) in [6.45, 7) is 25.0. The van der Waals surface area contributed by atoms with Crippen molar-refractivity contribution >= 4 is 61.7 Å². The van der Waals surface area contributed by atoms with Crippen LogP contribution in [0.5, 0.6) is 0 Å². The Hall–Kier alpha value is -7.16. The predicted molar refractivity (Wildman–Crippen MR) is 293 cm³/mol. The van der Waals surface area contributed by atoms with Crippen molar-refractivity contribution in [3.05, 3.63) is 221 Å². The van der Waals surface area contributed by atoms with Crippen molar-refractivity contribution in [1.82, 2.24) is 0 Å². The summed E-state index contributed by atoms with van der Waals surface area (Å²) in [6.07, 6.45) is 4.45. The molecule has 2 heteroatoms. The highest BCUT2D eigenvalue weighted by Crippen LogP contribution is 2.49. The van der Waals surface area contributed by atoms with Crippen molar-refractivity contribution in [2.24, 2.45) is 0 Å². The van der Waals surface area contributed by atoms with Gasteiger partial charge in [-0.1, -0.05) is 187 Å². The first-order chi connectivity index (χ1) is 32.1. The first-order valence-corrected chi connectivity index (χ1v) is 23.9. The molecule has 0 fully saturated rings. The van der Waals surface area contributed by atoms with Crippen LogP contribution in [-0.4, -0.2) is 0 Å². The van der Waals surface area contributed by atoms with Crippen molar-refractivity contribution < 1.29 is 0 Å². The lowest BCUT2D eigenvalue weighted by Gasteiger charge is -2.34. The third kappa shape index (κ3) is 8.82. The molecule has 0 atom stereocenters. The second kappa shape index (κ2) is 17.9. The van der Waals surface area contributed by atoms with Crippen LogP contribution in [0.4, 0.5) is 34.1 Å². The fourth-order valence-electron chi connectivity index (χ4n) is 9.87. The lowest BCUT2D eigenvalue weighted by Crippen LogP contribution is -2.20. The van der Waals surface area contributed by atoms with Crippen LogP contribution in [0.15, 0.2) is 182 Å². The van der Waals surface area contributed by atoms with Crippen molar-refractivity contribution in [2.45, 2.75) is 87.0 Å². The molecule has 0 unspecified atom stereocenters. The molecule has 0 radical (unpaired) electrons. The summed E-state index contributed by atoms with van der Waals surface area (Å²) >= 11 is 0. The Morgan fingerprint density at radius 1 is 0.388 bits per heavy atom. The fraction of sp³-hybridized carbons (Fsp3) is 0.200. The molecule has 9 aromatic rings. The van der Waals surface area contributed by atoms with Crippen LogP contribution >= 0.6 is 0 Å². The third-order valence-electron chi connectivity index (χ3n) is 13.4. The van der Waals surface area contributed by atoms with Crippen molar-refractivity contribution in [1.29, 1.82) is 0 Å². The Morgan fingerprint density at radius 2 is 0.896 bits per heavy atom. The molecular weight excluding hydrogens is 809 g/mol. The summed E-state index contributed by atoms with van der Waals surface area (Å²) in [5.74, 6) is 0. The maximum absolute atomic E-state index is 2.56. The van der Waals surface area contributed by atoms with Crippen molar-refractivity contribution in [3.8, 4) is 22.3 Å². The molecule has 0 aromatic heterocycles. The fourth-order valence-corrected chi connectivity index (χ4v) is 9.87. The highest BCUT2D eigenvalue weighted by atomic mass is 15.2. The van der Waals surface area contributed by atoms with E-state index in [-0.39, 0.29) is 10.8 Å². The molecule has 0 aliphatic carbocycles. The summed E-state index contributed by atoms with van der Waals surface area (Å²) < 4.78 is 0. The number of nitrogens with zero attached hydrogens (tertiary/aromatic N) is 2. The summed E-state index contributed by atoms with van der Waals surface area (Å²) in [5, 5.41) is 4.85. The van der Waals surface area contributed by atoms with Crippen LogP contribution in [0.3, 0.4) is 0 Å². The van der Waals surface area contributed by atoms with E-state index in [0.29, 0.717) is 0 Å². The van der Waals surface area contributed by atoms with E-state index in [4.69, 9.17) is 0 Å². The average Bonchev–Trinajstić information content (AvgIpc) is 3.30. The molecule has 9 aromatic carbocycles. The molecule has 2 nitrogen and oxygen atoms in total. The Balaban J connectivity index is 1.36. The molecular formula is C65H64N2. The second-order valence-electron chi connectivity index (χ2n) is 20.5. The van der Waals surface area contributed by atoms with Crippen LogP contribution in [0.2, 0.25) is 0 Å². The highest BCUT2D eigenvalue weighted by molar-refractivity contribution is 6.17. The quantitative estimate of drug-likeness (QED) is 0.133. The maximum atomic E-state index is 2.56. The number of hydrogen-bond donors (Lipinski definition) is 0. The smallest absolute Gasteiger partial charge is 0.0540 e. The normalized spacial score (nSPS) is 12.0. The first kappa shape index (κ1) is 45.0. The summed E-state index contributed by atoms with van der Waals surface area (Å²) in [5.41, 5.74) is 20.3. The van der Waals surface area contributed by atoms with E-state index in [9.17, 15) is 0 Å². The number of allylic oxidation sites excluding steroid dienone is 1. The molecule has 334 valence electrons. The topological polar surface area (TPSA) is 6.48 Å². The largest absolute Gasteiger partial charge is 0.310 e. The number of rotatable bonds is 9. The van der Waals surface area contributed by atoms with E-state index in [1.807, 2.05) is 0 Å². The molecule has 0 heterocycles. The Morgan fingerprint density at radius 3 is 1.42 bits per heavy atom. The van der Waals surface area contributed by atoms with Crippen molar-refractivity contribution in [2.75, 3.05) is 9.80 Å². The summed E-state index contributed by atoms with van der Waals surface area (Å²) in [7, 11) is 0. The standard InChI is InChI=1S/C65H64N2/c1-12-19-50-32-37-58(67(62-39-44(3)25-36-57(62)65(9,10)11)60-41-52(29-27-46(60)5)48-22-17-14-18-23-48)54-34-31-49-30-33-53(42-55(49)63(50)54)66(61-38-43(2)24-35-56(61)64(6,7)8)59-40-51(28-26-45(59)4)47-20-15-13-16-21-47/h12-42H,1-11H3/b19-12-. The van der Waals surface area contributed by atoms with Crippen LogP contribution in [0, 0.1) is 27.7 Å². The highest BCUT2D eigenvalue weighted by Gasteiger charge is 2.28. The van der Waals surface area contributed by atoms with Gasteiger partial charge in [0, 0.05) is 22.4 Å². The molecule has 0 spiro atoms. The van der Waals surface area contributed by atoms with Gasteiger partial charge in [-0.15, -0.1) is 0 Å². The van der Waals surface area contributed by atoms with Gasteiger partial charge < -0.3 is 9.80 Å². The average molecular weight is 873 g/mol. The lowest BCUT2D eigenvalue weighted by atomic mass is 9.84. The van der Waals surface area contributed by atoms with Crippen LogP contribution in [0.25, 0.3) is 49.9 Å². The molecule has 0 amide bonds. The second-order valence-corrected chi connectivity index (χ2v) is 20.5. The molecule has 0 bridgehead atoms. The molecule has 67 heavy (non-hydrogen) atoms. The van der Waals surface area contributed by atoms with E-state index in [1.165, 1.54) is 105 Å². The molecule has 0 aliphatic heterocycles. The van der Waals surface area contributed by atoms with Crippen LogP contribution < -0.4 is 9.80 Å². The zero-order valence-electron chi connectivity index (χ0n) is 41.3. The van der Waals surface area contributed by atoms with Crippen molar-refractivity contribution in [3.63, 3.8) is 0 Å². The molecule has 0 aliphatic rings. The number of benzene rings is 9. The Kier molecular flexibility index (Phi) is 12.0.